The molecule has 0 aliphatic carbocycles. The Morgan fingerprint density at radius 3 is 2.53 bits per heavy atom. The summed E-state index contributed by atoms with van der Waals surface area (Å²) in [5, 5.41) is 0. The van der Waals surface area contributed by atoms with Gasteiger partial charge in [-0.2, -0.15) is 0 Å². The summed E-state index contributed by atoms with van der Waals surface area (Å²) in [6.45, 7) is 5.58. The van der Waals surface area contributed by atoms with E-state index in [0.29, 0.717) is 26.4 Å². The molecule has 0 rings (SSSR count). The van der Waals surface area contributed by atoms with E-state index in [1.54, 1.807) is 18.2 Å². The third kappa shape index (κ3) is 8.65. The highest BCUT2D eigenvalue weighted by Crippen LogP contribution is 2.11. The van der Waals surface area contributed by atoms with Gasteiger partial charge in [-0.25, -0.2) is 4.39 Å². The lowest BCUT2D eigenvalue weighted by molar-refractivity contribution is 0.0847. The van der Waals surface area contributed by atoms with Crippen molar-refractivity contribution >= 4 is 0 Å². The Kier molecular flexibility index (Phi) is 10.6. The van der Waals surface area contributed by atoms with Crippen molar-refractivity contribution in [3.05, 3.63) is 35.9 Å². The lowest BCUT2D eigenvalue weighted by Crippen LogP contribution is -2.04. The van der Waals surface area contributed by atoms with Crippen molar-refractivity contribution in [2.45, 2.75) is 20.3 Å². The molecule has 0 aliphatic heterocycles. The Bertz CT molecular complexity index is 273. The maximum Gasteiger partial charge on any atom is 0.164 e. The minimum Gasteiger partial charge on any atom is -0.488 e. The molecule has 0 heterocycles. The molecule has 0 aromatic rings. The van der Waals surface area contributed by atoms with Crippen LogP contribution >= 0.6 is 0 Å². The molecule has 0 spiro atoms. The molecule has 0 fully saturated rings. The predicted octanol–water partition coefficient (Wildman–Crippen LogP) is 2.70. The van der Waals surface area contributed by atoms with Gasteiger partial charge >= 0.3 is 0 Å². The first-order valence-electron chi connectivity index (χ1n) is 5.89. The lowest BCUT2D eigenvalue weighted by Gasteiger charge is -2.07. The number of hydrogen-bond donors (Lipinski definition) is 1. The summed E-state index contributed by atoms with van der Waals surface area (Å²) in [5.41, 5.74) is 5.32. The first-order valence-corrected chi connectivity index (χ1v) is 5.89. The molecule has 3 nitrogen and oxygen atoms in total. The average molecular weight is 243 g/mol. The third-order valence-electron chi connectivity index (χ3n) is 1.83. The highest BCUT2D eigenvalue weighted by molar-refractivity contribution is 5.24. The van der Waals surface area contributed by atoms with Crippen molar-refractivity contribution in [3.63, 3.8) is 0 Å². The molecule has 2 N–H and O–H groups in total. The van der Waals surface area contributed by atoms with E-state index in [2.05, 4.69) is 0 Å². The Hall–Kier alpha value is -1.13. The molecule has 4 heteroatoms. The Morgan fingerprint density at radius 2 is 1.94 bits per heavy atom. The zero-order valence-electron chi connectivity index (χ0n) is 10.6. The van der Waals surface area contributed by atoms with Gasteiger partial charge in [0.1, 0.15) is 6.61 Å². The second kappa shape index (κ2) is 11.4. The molecule has 0 aromatic carbocycles. The maximum absolute atomic E-state index is 13.6. The molecule has 98 valence electrons. The zero-order valence-corrected chi connectivity index (χ0v) is 10.6. The molecule has 0 saturated heterocycles. The van der Waals surface area contributed by atoms with E-state index in [1.807, 2.05) is 13.8 Å². The van der Waals surface area contributed by atoms with E-state index < -0.39 is 5.83 Å². The van der Waals surface area contributed by atoms with E-state index in [-0.39, 0.29) is 5.76 Å². The fraction of sp³-hybridized carbons (Fsp3) is 0.538. The molecule has 0 radical (unpaired) electrons. The quantitative estimate of drug-likeness (QED) is 0.385. The smallest absolute Gasteiger partial charge is 0.164 e. The van der Waals surface area contributed by atoms with Crippen LogP contribution in [0.1, 0.15) is 20.3 Å². The largest absolute Gasteiger partial charge is 0.488 e. The topological polar surface area (TPSA) is 44.5 Å². The van der Waals surface area contributed by atoms with Gasteiger partial charge in [-0.05, 0) is 25.5 Å². The van der Waals surface area contributed by atoms with Gasteiger partial charge in [-0.15, -0.1) is 0 Å². The summed E-state index contributed by atoms with van der Waals surface area (Å²) in [7, 11) is 0. The van der Waals surface area contributed by atoms with Crippen LogP contribution in [0.5, 0.6) is 0 Å². The van der Waals surface area contributed by atoms with Crippen LogP contribution in [0.25, 0.3) is 0 Å². The van der Waals surface area contributed by atoms with Crippen LogP contribution in [-0.4, -0.2) is 26.4 Å². The number of allylic oxidation sites excluding steroid dienone is 4. The van der Waals surface area contributed by atoms with Crippen LogP contribution < -0.4 is 5.73 Å². The van der Waals surface area contributed by atoms with E-state index >= 15 is 0 Å². The average Bonchev–Trinajstić information content (AvgIpc) is 2.35. The number of nitrogens with two attached hydrogens (primary N) is 1. The highest BCUT2D eigenvalue weighted by atomic mass is 19.1. The SMILES string of the molecule is CC\C=C/C(F)=C(\C=C\CN)OCCOCC. The molecular weight excluding hydrogens is 221 g/mol. The van der Waals surface area contributed by atoms with E-state index in [4.69, 9.17) is 15.2 Å². The fourth-order valence-electron chi connectivity index (χ4n) is 1.03. The van der Waals surface area contributed by atoms with Gasteiger partial charge in [0.05, 0.1) is 6.61 Å². The van der Waals surface area contributed by atoms with Gasteiger partial charge in [-0.3, -0.25) is 0 Å². The molecule has 0 amide bonds. The van der Waals surface area contributed by atoms with Crippen molar-refractivity contribution in [1.82, 2.24) is 0 Å². The monoisotopic (exact) mass is 243 g/mol. The fourth-order valence-corrected chi connectivity index (χ4v) is 1.03. The number of rotatable bonds is 9. The van der Waals surface area contributed by atoms with Crippen molar-refractivity contribution < 1.29 is 13.9 Å². The second-order valence-corrected chi connectivity index (χ2v) is 3.21. The molecule has 0 unspecified atom stereocenters. The van der Waals surface area contributed by atoms with E-state index in [1.165, 1.54) is 6.08 Å². The first kappa shape index (κ1) is 15.9. The van der Waals surface area contributed by atoms with Gasteiger partial charge in [0.2, 0.25) is 0 Å². The standard InChI is InChI=1S/C13H22FNO2/c1-3-5-7-12(14)13(8-6-9-15)17-11-10-16-4-2/h5-8H,3-4,9-11,15H2,1-2H3/b7-5-,8-6+,13-12-. The molecular formula is C13H22FNO2. The molecule has 0 saturated carbocycles. The summed E-state index contributed by atoms with van der Waals surface area (Å²) >= 11 is 0. The first-order chi connectivity index (χ1) is 8.26. The Labute approximate surface area is 103 Å². The van der Waals surface area contributed by atoms with Gasteiger partial charge in [0, 0.05) is 13.2 Å². The maximum atomic E-state index is 13.6. The summed E-state index contributed by atoms with van der Waals surface area (Å²) < 4.78 is 24.0. The summed E-state index contributed by atoms with van der Waals surface area (Å²) in [4.78, 5) is 0. The van der Waals surface area contributed by atoms with Crippen molar-refractivity contribution in [3.8, 4) is 0 Å². The van der Waals surface area contributed by atoms with Gasteiger partial charge in [-0.1, -0.05) is 19.1 Å². The van der Waals surface area contributed by atoms with Crippen molar-refractivity contribution in [2.75, 3.05) is 26.4 Å². The highest BCUT2D eigenvalue weighted by Gasteiger charge is 2.01. The van der Waals surface area contributed by atoms with Crippen LogP contribution in [0.15, 0.2) is 35.9 Å². The van der Waals surface area contributed by atoms with Crippen LogP contribution in [0.2, 0.25) is 0 Å². The van der Waals surface area contributed by atoms with Gasteiger partial charge in [0.15, 0.2) is 11.6 Å². The molecule has 0 aromatic heterocycles. The zero-order chi connectivity index (χ0) is 12.9. The number of halogens is 1. The minimum absolute atomic E-state index is 0.194. The Morgan fingerprint density at radius 1 is 1.18 bits per heavy atom. The summed E-state index contributed by atoms with van der Waals surface area (Å²) in [6, 6.07) is 0. The van der Waals surface area contributed by atoms with Crippen molar-refractivity contribution in [1.29, 1.82) is 0 Å². The van der Waals surface area contributed by atoms with Gasteiger partial charge in [0.25, 0.3) is 0 Å². The Balaban J connectivity index is 4.40. The third-order valence-corrected chi connectivity index (χ3v) is 1.83. The summed E-state index contributed by atoms with van der Waals surface area (Å²) in [6.07, 6.45) is 7.10. The van der Waals surface area contributed by atoms with Crippen LogP contribution in [0, 0.1) is 0 Å². The molecule has 0 bridgehead atoms. The summed E-state index contributed by atoms with van der Waals surface area (Å²) in [5.74, 6) is -0.201. The molecule has 0 atom stereocenters. The molecule has 17 heavy (non-hydrogen) atoms. The van der Waals surface area contributed by atoms with Crippen molar-refractivity contribution in [2.24, 2.45) is 5.73 Å². The van der Waals surface area contributed by atoms with Crippen LogP contribution in [0.4, 0.5) is 4.39 Å². The van der Waals surface area contributed by atoms with E-state index in [9.17, 15) is 4.39 Å². The number of ether oxygens (including phenoxy) is 2. The second-order valence-electron chi connectivity index (χ2n) is 3.21. The minimum atomic E-state index is -0.395. The van der Waals surface area contributed by atoms with Gasteiger partial charge < -0.3 is 15.2 Å². The van der Waals surface area contributed by atoms with E-state index in [0.717, 1.165) is 6.42 Å². The van der Waals surface area contributed by atoms with Crippen LogP contribution in [0.3, 0.4) is 0 Å². The normalized spacial score (nSPS) is 13.4. The lowest BCUT2D eigenvalue weighted by atomic mass is 10.3. The predicted molar refractivity (Wildman–Crippen MR) is 68.2 cm³/mol. The molecule has 0 aliphatic rings. The van der Waals surface area contributed by atoms with Crippen LogP contribution in [-0.2, 0) is 9.47 Å². The number of hydrogen-bond acceptors (Lipinski definition) is 3.